The molecule has 0 radical (unpaired) electrons. The van der Waals surface area contributed by atoms with E-state index in [1.165, 1.54) is 12.1 Å². The summed E-state index contributed by atoms with van der Waals surface area (Å²) in [5.41, 5.74) is 10.5. The highest BCUT2D eigenvalue weighted by molar-refractivity contribution is 5.98. The van der Waals surface area contributed by atoms with Crippen LogP contribution in [-0.4, -0.2) is 48.6 Å². The number of unbranched alkanes of at least 4 members (excludes halogenated alkanes) is 2. The Morgan fingerprint density at radius 2 is 1.61 bits per heavy atom. The topological polar surface area (TPSA) is 84.7 Å². The van der Waals surface area contributed by atoms with Gasteiger partial charge in [0, 0.05) is 43.9 Å². The minimum atomic E-state index is -0.827. The van der Waals surface area contributed by atoms with Crippen LogP contribution in [0.15, 0.2) is 66.7 Å². The molecule has 2 atom stereocenters. The molecule has 0 aliphatic carbocycles. The molecule has 0 bridgehead atoms. The third kappa shape index (κ3) is 11.8. The van der Waals surface area contributed by atoms with Crippen molar-refractivity contribution >= 4 is 18.0 Å². The second-order valence-corrected chi connectivity index (χ2v) is 11.9. The first kappa shape index (κ1) is 36.6. The number of ether oxygens (including phenoxy) is 1. The van der Waals surface area contributed by atoms with E-state index in [0.29, 0.717) is 30.8 Å². The van der Waals surface area contributed by atoms with Crippen molar-refractivity contribution in [1.82, 2.24) is 10.2 Å². The lowest BCUT2D eigenvalue weighted by atomic mass is 10.0. The van der Waals surface area contributed by atoms with Gasteiger partial charge in [-0.2, -0.15) is 0 Å². The maximum absolute atomic E-state index is 13.9. The van der Waals surface area contributed by atoms with Gasteiger partial charge in [-0.1, -0.05) is 70.0 Å². The van der Waals surface area contributed by atoms with Crippen molar-refractivity contribution in [3.8, 4) is 0 Å². The Labute approximate surface area is 273 Å². The molecule has 46 heavy (non-hydrogen) atoms. The Hall–Kier alpha value is -3.88. The second-order valence-electron chi connectivity index (χ2n) is 11.9. The van der Waals surface area contributed by atoms with Gasteiger partial charge in [0.25, 0.3) is 5.91 Å². The Kier molecular flexibility index (Phi) is 15.1. The number of rotatable bonds is 18. The number of amides is 1. The van der Waals surface area contributed by atoms with Gasteiger partial charge in [0.05, 0.1) is 5.56 Å². The predicted octanol–water partition coefficient (Wildman–Crippen LogP) is 7.62. The molecular formula is C38H49F2N3O3. The van der Waals surface area contributed by atoms with E-state index in [4.69, 9.17) is 10.5 Å². The number of nitrogens with two attached hydrogens (primary N) is 1. The highest BCUT2D eigenvalue weighted by Crippen LogP contribution is 2.18. The number of esters is 1. The Bertz CT molecular complexity index is 1430. The minimum absolute atomic E-state index is 0.0902. The minimum Gasteiger partial charge on any atom is -0.456 e. The lowest BCUT2D eigenvalue weighted by molar-refractivity contribution is 0.0238. The van der Waals surface area contributed by atoms with Crippen LogP contribution in [0, 0.1) is 18.6 Å². The quantitative estimate of drug-likeness (QED) is 0.111. The average Bonchev–Trinajstić information content (AvgIpc) is 3.01. The molecule has 0 aromatic heterocycles. The van der Waals surface area contributed by atoms with Gasteiger partial charge in [0.15, 0.2) is 0 Å². The molecule has 0 spiro atoms. The van der Waals surface area contributed by atoms with E-state index in [-0.39, 0.29) is 24.4 Å². The first-order valence-corrected chi connectivity index (χ1v) is 16.4. The molecule has 0 saturated carbocycles. The number of allylic oxidation sites excluding steroid dienone is 1. The molecule has 0 aliphatic rings. The number of carbonyl (C=O) groups excluding carboxylic acids is 2. The van der Waals surface area contributed by atoms with Crippen LogP contribution in [0.4, 0.5) is 8.78 Å². The number of nitrogens with zero attached hydrogens (tertiary/aromatic N) is 1. The number of hydrogen-bond donors (Lipinski definition) is 2. The van der Waals surface area contributed by atoms with E-state index < -0.39 is 29.7 Å². The van der Waals surface area contributed by atoms with Crippen molar-refractivity contribution in [2.75, 3.05) is 19.6 Å². The number of carbonyl (C=O) groups is 2. The van der Waals surface area contributed by atoms with E-state index in [2.05, 4.69) is 36.5 Å². The highest BCUT2D eigenvalue weighted by Gasteiger charge is 2.25. The predicted molar refractivity (Wildman–Crippen MR) is 182 cm³/mol. The molecule has 0 aliphatic heterocycles. The molecular weight excluding hydrogens is 584 g/mol. The molecule has 3 aromatic rings. The molecule has 0 heterocycles. The van der Waals surface area contributed by atoms with Crippen LogP contribution < -0.4 is 11.1 Å². The number of aryl methyl sites for hydroxylation is 1. The Morgan fingerprint density at radius 3 is 2.28 bits per heavy atom. The smallest absolute Gasteiger partial charge is 0.338 e. The fourth-order valence-corrected chi connectivity index (χ4v) is 5.39. The fraction of sp³-hybridized carbons (Fsp3) is 0.421. The van der Waals surface area contributed by atoms with Crippen LogP contribution in [0.2, 0.25) is 0 Å². The van der Waals surface area contributed by atoms with Crippen molar-refractivity contribution in [2.45, 2.75) is 84.9 Å². The molecule has 3 aromatic carbocycles. The first-order chi connectivity index (χ1) is 22.1. The van der Waals surface area contributed by atoms with Crippen LogP contribution in [0.1, 0.15) is 95.8 Å². The largest absolute Gasteiger partial charge is 0.456 e. The summed E-state index contributed by atoms with van der Waals surface area (Å²) >= 11 is 0. The monoisotopic (exact) mass is 633 g/mol. The van der Waals surface area contributed by atoms with Crippen molar-refractivity contribution in [3.63, 3.8) is 0 Å². The molecule has 0 saturated heterocycles. The van der Waals surface area contributed by atoms with Crippen molar-refractivity contribution in [1.29, 1.82) is 0 Å². The van der Waals surface area contributed by atoms with Gasteiger partial charge < -0.3 is 20.7 Å². The van der Waals surface area contributed by atoms with Gasteiger partial charge in [0.1, 0.15) is 17.7 Å². The first-order valence-electron chi connectivity index (χ1n) is 16.4. The maximum Gasteiger partial charge on any atom is 0.338 e. The number of halogens is 2. The van der Waals surface area contributed by atoms with Crippen LogP contribution >= 0.6 is 0 Å². The van der Waals surface area contributed by atoms with Gasteiger partial charge >= 0.3 is 5.97 Å². The molecule has 6 nitrogen and oxygen atoms in total. The van der Waals surface area contributed by atoms with Gasteiger partial charge in [-0.25, -0.2) is 13.6 Å². The van der Waals surface area contributed by atoms with Gasteiger partial charge in [-0.3, -0.25) is 4.79 Å². The van der Waals surface area contributed by atoms with E-state index in [0.717, 1.165) is 54.9 Å². The zero-order valence-electron chi connectivity index (χ0n) is 27.7. The summed E-state index contributed by atoms with van der Waals surface area (Å²) in [6.07, 6.45) is 8.54. The van der Waals surface area contributed by atoms with Gasteiger partial charge in [0.2, 0.25) is 0 Å². The Balaban J connectivity index is 1.79. The summed E-state index contributed by atoms with van der Waals surface area (Å²) in [6, 6.07) is 15.7. The lowest BCUT2D eigenvalue weighted by Gasteiger charge is -2.25. The SMILES string of the molecule is CCCC/C=C/c1cccc(CNC[C@@H](OC(=O)c2cc(C)cc(C(=O)N(CCC)CCC)c2)[C@@H](N)Cc2cc(F)cc(F)c2)c1. The Morgan fingerprint density at radius 1 is 0.913 bits per heavy atom. The van der Waals surface area contributed by atoms with Crippen LogP contribution in [0.25, 0.3) is 6.08 Å². The average molecular weight is 634 g/mol. The van der Waals surface area contributed by atoms with Crippen molar-refractivity contribution in [3.05, 3.63) is 112 Å². The molecule has 3 rings (SSSR count). The zero-order chi connectivity index (χ0) is 33.5. The van der Waals surface area contributed by atoms with Crippen LogP contribution in [0.5, 0.6) is 0 Å². The summed E-state index contributed by atoms with van der Waals surface area (Å²) in [5, 5.41) is 3.35. The van der Waals surface area contributed by atoms with E-state index in [1.807, 2.05) is 32.9 Å². The van der Waals surface area contributed by atoms with E-state index in [9.17, 15) is 18.4 Å². The third-order valence-corrected chi connectivity index (χ3v) is 7.62. The molecule has 248 valence electrons. The summed E-state index contributed by atoms with van der Waals surface area (Å²) in [4.78, 5) is 28.6. The third-order valence-electron chi connectivity index (χ3n) is 7.62. The summed E-state index contributed by atoms with van der Waals surface area (Å²) in [7, 11) is 0. The summed E-state index contributed by atoms with van der Waals surface area (Å²) in [5.74, 6) is -2.15. The van der Waals surface area contributed by atoms with Gasteiger partial charge in [-0.05, 0) is 85.2 Å². The van der Waals surface area contributed by atoms with Crippen LogP contribution in [0.3, 0.4) is 0 Å². The lowest BCUT2D eigenvalue weighted by Crippen LogP contribution is -2.46. The molecule has 0 fully saturated rings. The van der Waals surface area contributed by atoms with E-state index >= 15 is 0 Å². The fourth-order valence-electron chi connectivity index (χ4n) is 5.39. The molecule has 1 amide bonds. The molecule has 0 unspecified atom stereocenters. The van der Waals surface area contributed by atoms with Gasteiger partial charge in [-0.15, -0.1) is 0 Å². The maximum atomic E-state index is 13.9. The summed E-state index contributed by atoms with van der Waals surface area (Å²) in [6.45, 7) is 10.00. The highest BCUT2D eigenvalue weighted by atomic mass is 19.1. The van der Waals surface area contributed by atoms with Crippen molar-refractivity contribution in [2.24, 2.45) is 5.73 Å². The molecule has 8 heteroatoms. The number of hydrogen-bond acceptors (Lipinski definition) is 5. The van der Waals surface area contributed by atoms with Crippen molar-refractivity contribution < 1.29 is 23.1 Å². The number of nitrogens with one attached hydrogen (secondary N) is 1. The normalized spacial score (nSPS) is 12.7. The van der Waals surface area contributed by atoms with Crippen LogP contribution in [-0.2, 0) is 17.7 Å². The summed E-state index contributed by atoms with van der Waals surface area (Å²) < 4.78 is 33.8. The second kappa shape index (κ2) is 18.9. The zero-order valence-corrected chi connectivity index (χ0v) is 27.7. The standard InChI is InChI=1S/C38H49F2N3O3/c1-5-8-9-10-12-28-13-11-14-29(19-28)25-42-26-36(35(41)22-30-20-33(39)24-34(40)21-30)46-38(45)32-18-27(4)17-31(23-32)37(44)43(15-6-2)16-7-3/h10-14,17-21,23-24,35-36,42H,5-9,15-16,22,25-26,41H2,1-4H3/b12-10+/t35-,36+/m0/s1. The molecule has 3 N–H and O–H groups in total. The number of benzene rings is 3. The van der Waals surface area contributed by atoms with E-state index in [1.54, 1.807) is 23.1 Å².